The van der Waals surface area contributed by atoms with E-state index in [1.54, 1.807) is 6.20 Å². The van der Waals surface area contributed by atoms with E-state index in [0.29, 0.717) is 13.1 Å². The van der Waals surface area contributed by atoms with Gasteiger partial charge in [-0.05, 0) is 6.92 Å². The third kappa shape index (κ3) is 1.80. The molecule has 54 valence electrons. The van der Waals surface area contributed by atoms with Crippen LogP contribution in [0.3, 0.4) is 0 Å². The molecule has 3 nitrogen and oxygen atoms in total. The number of carbonyl (C=O) groups is 1. The Balaban J connectivity index is 2.49. The lowest BCUT2D eigenvalue weighted by molar-refractivity contribution is -0.129. The third-order valence-corrected chi connectivity index (χ3v) is 1.83. The van der Waals surface area contributed by atoms with Crippen molar-refractivity contribution in [2.45, 2.75) is 13.5 Å². The van der Waals surface area contributed by atoms with Gasteiger partial charge in [0.15, 0.2) is 0 Å². The quantitative estimate of drug-likeness (QED) is 0.617. The van der Waals surface area contributed by atoms with Crippen LogP contribution in [-0.2, 0) is 16.1 Å². The normalized spacial score (nSPS) is 9.30. The molecule has 1 heterocycles. The van der Waals surface area contributed by atoms with Gasteiger partial charge in [0.05, 0.1) is 0 Å². The second kappa shape index (κ2) is 3.31. The molecule has 0 fully saturated rings. The lowest BCUT2D eigenvalue weighted by Crippen LogP contribution is -1.87. The van der Waals surface area contributed by atoms with Crippen molar-refractivity contribution in [3.8, 4) is 0 Å². The molecule has 1 aromatic rings. The molecule has 0 spiro atoms. The van der Waals surface area contributed by atoms with Crippen LogP contribution < -0.4 is 0 Å². The van der Waals surface area contributed by atoms with E-state index in [-0.39, 0.29) is 0 Å². The van der Waals surface area contributed by atoms with Crippen LogP contribution in [0.2, 0.25) is 0 Å². The number of ether oxygens (including phenoxy) is 1. The molecule has 4 heteroatoms. The van der Waals surface area contributed by atoms with Crippen molar-refractivity contribution < 1.29 is 9.53 Å². The summed E-state index contributed by atoms with van der Waals surface area (Å²) < 4.78 is 4.50. The number of aryl methyl sites for hydroxylation is 1. The van der Waals surface area contributed by atoms with Gasteiger partial charge in [0.1, 0.15) is 11.6 Å². The van der Waals surface area contributed by atoms with Crippen molar-refractivity contribution >= 4 is 17.8 Å². The van der Waals surface area contributed by atoms with E-state index in [1.165, 1.54) is 11.3 Å². The molecule has 0 atom stereocenters. The average molecular weight is 157 g/mol. The van der Waals surface area contributed by atoms with Gasteiger partial charge in [-0.3, -0.25) is 4.79 Å². The second-order valence-electron chi connectivity index (χ2n) is 1.77. The van der Waals surface area contributed by atoms with Gasteiger partial charge in [-0.25, -0.2) is 4.98 Å². The third-order valence-electron chi connectivity index (χ3n) is 0.944. The first-order valence-corrected chi connectivity index (χ1v) is 3.61. The van der Waals surface area contributed by atoms with E-state index in [2.05, 4.69) is 9.72 Å². The Labute approximate surface area is 62.7 Å². The molecule has 0 aromatic carbocycles. The van der Waals surface area contributed by atoms with Crippen LogP contribution in [0.15, 0.2) is 6.20 Å². The van der Waals surface area contributed by atoms with Gasteiger partial charge in [0.25, 0.3) is 6.47 Å². The first kappa shape index (κ1) is 7.21. The highest BCUT2D eigenvalue weighted by Crippen LogP contribution is 2.11. The zero-order chi connectivity index (χ0) is 7.40. The molecule has 10 heavy (non-hydrogen) atoms. The molecule has 1 rings (SSSR count). The molecular formula is C6H7NO2S. The largest absolute Gasteiger partial charge is 0.460 e. The summed E-state index contributed by atoms with van der Waals surface area (Å²) in [5.74, 6) is 0. The van der Waals surface area contributed by atoms with Crippen LogP contribution in [0.25, 0.3) is 0 Å². The van der Waals surface area contributed by atoms with Gasteiger partial charge < -0.3 is 4.74 Å². The molecule has 0 saturated heterocycles. The number of rotatable bonds is 3. The maximum absolute atomic E-state index is 9.74. The highest BCUT2D eigenvalue weighted by atomic mass is 32.1. The van der Waals surface area contributed by atoms with Gasteiger partial charge in [-0.1, -0.05) is 0 Å². The second-order valence-corrected chi connectivity index (χ2v) is 3.09. The van der Waals surface area contributed by atoms with Crippen molar-refractivity contribution in [1.29, 1.82) is 0 Å². The summed E-state index contributed by atoms with van der Waals surface area (Å²) in [6.45, 7) is 2.68. The fourth-order valence-electron chi connectivity index (χ4n) is 0.573. The minimum Gasteiger partial charge on any atom is -0.460 e. The molecule has 0 unspecified atom stereocenters. The van der Waals surface area contributed by atoms with Crippen molar-refractivity contribution in [2.75, 3.05) is 0 Å². The predicted molar refractivity (Wildman–Crippen MR) is 37.7 cm³/mol. The van der Waals surface area contributed by atoms with Gasteiger partial charge in [-0.15, -0.1) is 11.3 Å². The number of carbonyl (C=O) groups excluding carboxylic acids is 1. The van der Waals surface area contributed by atoms with Gasteiger partial charge in [-0.2, -0.15) is 0 Å². The minimum atomic E-state index is 0.294. The van der Waals surface area contributed by atoms with E-state index in [9.17, 15) is 4.79 Å². The maximum Gasteiger partial charge on any atom is 0.293 e. The van der Waals surface area contributed by atoms with Crippen molar-refractivity contribution in [3.63, 3.8) is 0 Å². The Morgan fingerprint density at radius 2 is 2.70 bits per heavy atom. The molecule has 0 amide bonds. The Morgan fingerprint density at radius 3 is 3.20 bits per heavy atom. The highest BCUT2D eigenvalue weighted by Gasteiger charge is 1.96. The van der Waals surface area contributed by atoms with E-state index in [4.69, 9.17) is 0 Å². The Hall–Kier alpha value is -0.900. The zero-order valence-corrected chi connectivity index (χ0v) is 6.35. The number of hydrogen-bond donors (Lipinski definition) is 0. The Morgan fingerprint density at radius 1 is 1.90 bits per heavy atom. The first-order chi connectivity index (χ1) is 4.83. The monoisotopic (exact) mass is 157 g/mol. The van der Waals surface area contributed by atoms with Crippen LogP contribution in [0.1, 0.15) is 9.88 Å². The summed E-state index contributed by atoms with van der Waals surface area (Å²) >= 11 is 1.53. The summed E-state index contributed by atoms with van der Waals surface area (Å²) in [7, 11) is 0. The van der Waals surface area contributed by atoms with Gasteiger partial charge >= 0.3 is 0 Å². The standard InChI is InChI=1S/C6H7NO2S/c1-5-2-7-6(10-5)3-9-4-8/h2,4H,3H2,1H3. The first-order valence-electron chi connectivity index (χ1n) is 2.79. The Bertz CT molecular complexity index is 221. The Kier molecular flexibility index (Phi) is 2.39. The number of thiazole rings is 1. The summed E-state index contributed by atoms with van der Waals surface area (Å²) in [5.41, 5.74) is 0. The number of nitrogens with zero attached hydrogens (tertiary/aromatic N) is 1. The molecule has 0 N–H and O–H groups in total. The average Bonchev–Trinajstić information content (AvgIpc) is 2.31. The molecule has 0 aliphatic heterocycles. The van der Waals surface area contributed by atoms with Crippen molar-refractivity contribution in [2.24, 2.45) is 0 Å². The van der Waals surface area contributed by atoms with E-state index in [1.807, 2.05) is 6.92 Å². The summed E-state index contributed by atoms with van der Waals surface area (Å²) in [4.78, 5) is 14.9. The molecule has 0 radical (unpaired) electrons. The fourth-order valence-corrected chi connectivity index (χ4v) is 1.28. The summed E-state index contributed by atoms with van der Waals surface area (Å²) in [5, 5.41) is 0.838. The SMILES string of the molecule is Cc1cnc(COC=O)s1. The lowest BCUT2D eigenvalue weighted by atomic mass is 10.6. The highest BCUT2D eigenvalue weighted by molar-refractivity contribution is 7.11. The molecule has 0 aliphatic carbocycles. The molecule has 0 aliphatic rings. The lowest BCUT2D eigenvalue weighted by Gasteiger charge is -1.89. The topological polar surface area (TPSA) is 39.2 Å². The minimum absolute atomic E-state index is 0.294. The van der Waals surface area contributed by atoms with E-state index >= 15 is 0 Å². The van der Waals surface area contributed by atoms with Gasteiger partial charge in [0.2, 0.25) is 0 Å². The van der Waals surface area contributed by atoms with Crippen LogP contribution in [-0.4, -0.2) is 11.5 Å². The predicted octanol–water partition coefficient (Wildman–Crippen LogP) is 1.12. The zero-order valence-electron chi connectivity index (χ0n) is 5.53. The van der Waals surface area contributed by atoms with Crippen molar-refractivity contribution in [1.82, 2.24) is 4.98 Å². The molecule has 0 saturated carbocycles. The maximum atomic E-state index is 9.74. The van der Waals surface area contributed by atoms with E-state index < -0.39 is 0 Å². The molecule has 0 bridgehead atoms. The van der Waals surface area contributed by atoms with Crippen LogP contribution >= 0.6 is 11.3 Å². The van der Waals surface area contributed by atoms with Crippen LogP contribution in [0.4, 0.5) is 0 Å². The molecular weight excluding hydrogens is 150 g/mol. The number of hydrogen-bond acceptors (Lipinski definition) is 4. The van der Waals surface area contributed by atoms with Crippen LogP contribution in [0.5, 0.6) is 0 Å². The van der Waals surface area contributed by atoms with Crippen LogP contribution in [0, 0.1) is 6.92 Å². The summed E-state index contributed by atoms with van der Waals surface area (Å²) in [6, 6.07) is 0. The molecule has 1 aromatic heterocycles. The number of aromatic nitrogens is 1. The van der Waals surface area contributed by atoms with E-state index in [0.717, 1.165) is 9.88 Å². The van der Waals surface area contributed by atoms with Crippen molar-refractivity contribution in [3.05, 3.63) is 16.1 Å². The smallest absolute Gasteiger partial charge is 0.293 e. The fraction of sp³-hybridized carbons (Fsp3) is 0.333. The summed E-state index contributed by atoms with van der Waals surface area (Å²) in [6.07, 6.45) is 1.76. The van der Waals surface area contributed by atoms with Gasteiger partial charge in [0, 0.05) is 11.1 Å².